The molecule has 1 aliphatic rings. The van der Waals surface area contributed by atoms with Crippen LogP contribution in [0, 0.1) is 5.92 Å². The van der Waals surface area contributed by atoms with Gasteiger partial charge in [0.25, 0.3) is 0 Å². The van der Waals surface area contributed by atoms with Gasteiger partial charge in [0.2, 0.25) is 0 Å². The van der Waals surface area contributed by atoms with Gasteiger partial charge in [0.05, 0.1) is 12.7 Å². The maximum atomic E-state index is 9.57. The van der Waals surface area contributed by atoms with Gasteiger partial charge in [0.1, 0.15) is 24.4 Å². The van der Waals surface area contributed by atoms with Crippen molar-refractivity contribution >= 4 is 0 Å². The van der Waals surface area contributed by atoms with E-state index < -0.39 is 30.5 Å². The average molecular weight is 206 g/mol. The SMILES string of the molecule is CC(C)[C@@H]1OC(CO)C(O)[C@H](O)C1O. The molecule has 0 amide bonds. The van der Waals surface area contributed by atoms with Crippen molar-refractivity contribution in [3.63, 3.8) is 0 Å². The lowest BCUT2D eigenvalue weighted by atomic mass is 9.90. The topological polar surface area (TPSA) is 90.2 Å². The lowest BCUT2D eigenvalue weighted by Gasteiger charge is -2.41. The first-order valence-corrected chi connectivity index (χ1v) is 4.79. The molecule has 5 atom stereocenters. The van der Waals surface area contributed by atoms with Crippen LogP contribution >= 0.6 is 0 Å². The minimum Gasteiger partial charge on any atom is -0.394 e. The zero-order chi connectivity index (χ0) is 10.9. The zero-order valence-electron chi connectivity index (χ0n) is 8.37. The molecule has 0 saturated carbocycles. The highest BCUT2D eigenvalue weighted by Gasteiger charge is 2.44. The number of aliphatic hydroxyl groups excluding tert-OH is 4. The Balaban J connectivity index is 2.73. The van der Waals surface area contributed by atoms with E-state index in [1.807, 2.05) is 13.8 Å². The summed E-state index contributed by atoms with van der Waals surface area (Å²) in [6.07, 6.45) is -4.96. The Morgan fingerprint density at radius 1 is 1.07 bits per heavy atom. The highest BCUT2D eigenvalue weighted by Crippen LogP contribution is 2.25. The summed E-state index contributed by atoms with van der Waals surface area (Å²) in [7, 11) is 0. The molecular formula is C9H18O5. The summed E-state index contributed by atoms with van der Waals surface area (Å²) in [6.45, 7) is 3.31. The van der Waals surface area contributed by atoms with Crippen LogP contribution in [0.3, 0.4) is 0 Å². The van der Waals surface area contributed by atoms with Crippen LogP contribution in [0.15, 0.2) is 0 Å². The number of hydrogen-bond donors (Lipinski definition) is 4. The van der Waals surface area contributed by atoms with Crippen molar-refractivity contribution in [1.82, 2.24) is 0 Å². The second-order valence-corrected chi connectivity index (χ2v) is 4.04. The lowest BCUT2D eigenvalue weighted by molar-refractivity contribution is -0.238. The molecule has 1 heterocycles. The fourth-order valence-electron chi connectivity index (χ4n) is 1.68. The number of hydrogen-bond acceptors (Lipinski definition) is 5. The van der Waals surface area contributed by atoms with Gasteiger partial charge in [-0.25, -0.2) is 0 Å². The Morgan fingerprint density at radius 3 is 2.07 bits per heavy atom. The minimum atomic E-state index is -1.26. The van der Waals surface area contributed by atoms with Crippen LogP contribution in [0.2, 0.25) is 0 Å². The van der Waals surface area contributed by atoms with Gasteiger partial charge in [0.15, 0.2) is 0 Å². The Hall–Kier alpha value is -0.200. The van der Waals surface area contributed by atoms with Gasteiger partial charge in [0, 0.05) is 0 Å². The van der Waals surface area contributed by atoms with E-state index in [2.05, 4.69) is 0 Å². The molecule has 84 valence electrons. The molecule has 0 radical (unpaired) electrons. The average Bonchev–Trinajstić information content (AvgIpc) is 2.14. The van der Waals surface area contributed by atoms with Crippen LogP contribution in [0.1, 0.15) is 13.8 Å². The normalized spacial score (nSPS) is 44.4. The first-order chi connectivity index (χ1) is 6.49. The van der Waals surface area contributed by atoms with E-state index in [1.165, 1.54) is 0 Å². The van der Waals surface area contributed by atoms with Crippen LogP contribution in [-0.2, 0) is 4.74 Å². The smallest absolute Gasteiger partial charge is 0.111 e. The third-order valence-electron chi connectivity index (χ3n) is 2.59. The van der Waals surface area contributed by atoms with Gasteiger partial charge in [-0.3, -0.25) is 0 Å². The molecular weight excluding hydrogens is 188 g/mol. The molecule has 4 N–H and O–H groups in total. The molecule has 5 nitrogen and oxygen atoms in total. The van der Waals surface area contributed by atoms with Crippen LogP contribution in [0.25, 0.3) is 0 Å². The molecule has 3 unspecified atom stereocenters. The molecule has 14 heavy (non-hydrogen) atoms. The zero-order valence-corrected chi connectivity index (χ0v) is 8.37. The lowest BCUT2D eigenvalue weighted by Crippen LogP contribution is -2.59. The van der Waals surface area contributed by atoms with Gasteiger partial charge >= 0.3 is 0 Å². The van der Waals surface area contributed by atoms with Crippen molar-refractivity contribution < 1.29 is 25.2 Å². The molecule has 1 rings (SSSR count). The van der Waals surface area contributed by atoms with Crippen molar-refractivity contribution in [3.05, 3.63) is 0 Å². The van der Waals surface area contributed by atoms with Crippen molar-refractivity contribution in [2.45, 2.75) is 44.4 Å². The summed E-state index contributed by atoms with van der Waals surface area (Å²) >= 11 is 0. The van der Waals surface area contributed by atoms with E-state index in [0.29, 0.717) is 0 Å². The van der Waals surface area contributed by atoms with E-state index in [0.717, 1.165) is 0 Å². The summed E-state index contributed by atoms with van der Waals surface area (Å²) in [5, 5.41) is 37.4. The van der Waals surface area contributed by atoms with Crippen LogP contribution in [0.4, 0.5) is 0 Å². The molecule has 0 aliphatic carbocycles. The monoisotopic (exact) mass is 206 g/mol. The van der Waals surface area contributed by atoms with Crippen molar-refractivity contribution in [2.75, 3.05) is 6.61 Å². The predicted octanol–water partition coefficient (Wildman–Crippen LogP) is -1.52. The van der Waals surface area contributed by atoms with Gasteiger partial charge in [-0.2, -0.15) is 0 Å². The predicted molar refractivity (Wildman–Crippen MR) is 48.6 cm³/mol. The maximum absolute atomic E-state index is 9.57. The van der Waals surface area contributed by atoms with Crippen molar-refractivity contribution in [2.24, 2.45) is 5.92 Å². The van der Waals surface area contributed by atoms with Gasteiger partial charge < -0.3 is 25.2 Å². The summed E-state index contributed by atoms with van der Waals surface area (Å²) < 4.78 is 5.28. The first-order valence-electron chi connectivity index (χ1n) is 4.79. The van der Waals surface area contributed by atoms with E-state index in [-0.39, 0.29) is 12.5 Å². The van der Waals surface area contributed by atoms with Crippen LogP contribution in [-0.4, -0.2) is 57.6 Å². The fourth-order valence-corrected chi connectivity index (χ4v) is 1.68. The molecule has 1 fully saturated rings. The van der Waals surface area contributed by atoms with Gasteiger partial charge in [-0.05, 0) is 5.92 Å². The largest absolute Gasteiger partial charge is 0.394 e. The van der Waals surface area contributed by atoms with E-state index in [4.69, 9.17) is 9.84 Å². The molecule has 0 aromatic heterocycles. The van der Waals surface area contributed by atoms with E-state index in [9.17, 15) is 15.3 Å². The Labute approximate surface area is 82.9 Å². The molecule has 1 saturated heterocycles. The Kier molecular flexibility index (Phi) is 3.86. The molecule has 5 heteroatoms. The van der Waals surface area contributed by atoms with E-state index in [1.54, 1.807) is 0 Å². The third kappa shape index (κ3) is 2.07. The summed E-state index contributed by atoms with van der Waals surface area (Å²) in [4.78, 5) is 0. The number of rotatable bonds is 2. The van der Waals surface area contributed by atoms with Gasteiger partial charge in [-0.15, -0.1) is 0 Å². The summed E-state index contributed by atoms with van der Waals surface area (Å²) in [6, 6.07) is 0. The van der Waals surface area contributed by atoms with Crippen LogP contribution in [0.5, 0.6) is 0 Å². The Morgan fingerprint density at radius 2 is 1.64 bits per heavy atom. The molecule has 0 aromatic rings. The maximum Gasteiger partial charge on any atom is 0.111 e. The standard InChI is InChI=1S/C9H18O5/c1-4(2)9-8(13)7(12)6(11)5(3-10)14-9/h4-13H,3H2,1-2H3/t5?,6?,7-,8?,9-/m0/s1. The van der Waals surface area contributed by atoms with Crippen molar-refractivity contribution in [3.8, 4) is 0 Å². The number of ether oxygens (including phenoxy) is 1. The quantitative estimate of drug-likeness (QED) is 0.441. The fraction of sp³-hybridized carbons (Fsp3) is 1.00. The summed E-state index contributed by atoms with van der Waals surface area (Å²) in [5.74, 6) is 0.0150. The van der Waals surface area contributed by atoms with Crippen LogP contribution < -0.4 is 0 Å². The first kappa shape index (κ1) is 11.9. The minimum absolute atomic E-state index is 0.0150. The van der Waals surface area contributed by atoms with Crippen molar-refractivity contribution in [1.29, 1.82) is 0 Å². The molecule has 0 aromatic carbocycles. The summed E-state index contributed by atoms with van der Waals surface area (Å²) in [5.41, 5.74) is 0. The highest BCUT2D eigenvalue weighted by atomic mass is 16.5. The second kappa shape index (κ2) is 4.55. The molecule has 0 bridgehead atoms. The van der Waals surface area contributed by atoms with E-state index >= 15 is 0 Å². The number of aliphatic hydroxyl groups is 4. The third-order valence-corrected chi connectivity index (χ3v) is 2.59. The Bertz CT molecular complexity index is 182. The second-order valence-electron chi connectivity index (χ2n) is 4.04. The molecule has 0 spiro atoms. The molecule has 1 aliphatic heterocycles. The van der Waals surface area contributed by atoms with Gasteiger partial charge in [-0.1, -0.05) is 13.8 Å². The highest BCUT2D eigenvalue weighted by molar-refractivity contribution is 4.92.